The SMILES string of the molecule is O=C(CN1CSCC1=O)N1CCC(c2nc3ccccc3o2)CC1. The van der Waals surface area contributed by atoms with Crippen LogP contribution in [0, 0.1) is 0 Å². The normalized spacial score (nSPS) is 19.4. The number of para-hydroxylation sites is 2. The molecule has 0 aliphatic carbocycles. The van der Waals surface area contributed by atoms with E-state index in [1.54, 1.807) is 16.7 Å². The van der Waals surface area contributed by atoms with Crippen molar-refractivity contribution >= 4 is 34.7 Å². The van der Waals surface area contributed by atoms with E-state index in [0.717, 1.165) is 29.8 Å². The van der Waals surface area contributed by atoms with Crippen LogP contribution in [-0.4, -0.2) is 57.9 Å². The monoisotopic (exact) mass is 345 g/mol. The van der Waals surface area contributed by atoms with Gasteiger partial charge in [-0.25, -0.2) is 4.98 Å². The predicted octanol–water partition coefficient (Wildman–Crippen LogP) is 2.07. The molecule has 4 rings (SSSR count). The van der Waals surface area contributed by atoms with Gasteiger partial charge < -0.3 is 14.2 Å². The van der Waals surface area contributed by atoms with Crippen LogP contribution in [0.1, 0.15) is 24.7 Å². The number of carbonyl (C=O) groups is 2. The molecule has 2 aliphatic rings. The van der Waals surface area contributed by atoms with Crippen LogP contribution in [0.5, 0.6) is 0 Å². The minimum atomic E-state index is 0.0434. The second kappa shape index (κ2) is 6.47. The number of carbonyl (C=O) groups excluding carboxylic acids is 2. The van der Waals surface area contributed by atoms with Gasteiger partial charge in [-0.15, -0.1) is 11.8 Å². The maximum Gasteiger partial charge on any atom is 0.242 e. The lowest BCUT2D eigenvalue weighted by Gasteiger charge is -2.31. The Morgan fingerprint density at radius 3 is 2.79 bits per heavy atom. The molecular formula is C17H19N3O3S. The quantitative estimate of drug-likeness (QED) is 0.852. The fourth-order valence-corrected chi connectivity index (χ4v) is 4.15. The van der Waals surface area contributed by atoms with Gasteiger partial charge in [0.25, 0.3) is 0 Å². The predicted molar refractivity (Wildman–Crippen MR) is 91.6 cm³/mol. The summed E-state index contributed by atoms with van der Waals surface area (Å²) in [6.07, 6.45) is 1.70. The molecule has 24 heavy (non-hydrogen) atoms. The van der Waals surface area contributed by atoms with Crippen LogP contribution in [-0.2, 0) is 9.59 Å². The topological polar surface area (TPSA) is 66.7 Å². The Hall–Kier alpha value is -2.02. The molecule has 7 heteroatoms. The zero-order chi connectivity index (χ0) is 16.5. The molecule has 0 N–H and O–H groups in total. The fraction of sp³-hybridized carbons (Fsp3) is 0.471. The number of oxazole rings is 1. The Morgan fingerprint density at radius 2 is 2.08 bits per heavy atom. The van der Waals surface area contributed by atoms with Gasteiger partial charge in [0, 0.05) is 19.0 Å². The Bertz CT molecular complexity index is 734. The standard InChI is InChI=1S/C17H19N3O3S/c21-15(9-20-11-24-10-16(20)22)19-7-5-12(6-8-19)17-18-13-3-1-2-4-14(13)23-17/h1-4,12H,5-11H2. The first-order valence-corrected chi connectivity index (χ1v) is 9.35. The summed E-state index contributed by atoms with van der Waals surface area (Å²) in [6.45, 7) is 1.59. The second-order valence-corrected chi connectivity index (χ2v) is 7.20. The average molecular weight is 345 g/mol. The lowest BCUT2D eigenvalue weighted by atomic mass is 9.97. The summed E-state index contributed by atoms with van der Waals surface area (Å²) in [4.78, 5) is 32.1. The molecule has 0 atom stereocenters. The number of aromatic nitrogens is 1. The van der Waals surface area contributed by atoms with Crippen molar-refractivity contribution in [2.24, 2.45) is 0 Å². The number of fused-ring (bicyclic) bond motifs is 1. The van der Waals surface area contributed by atoms with Crippen LogP contribution < -0.4 is 0 Å². The van der Waals surface area contributed by atoms with Gasteiger partial charge in [-0.2, -0.15) is 0 Å². The van der Waals surface area contributed by atoms with Crippen LogP contribution in [0.15, 0.2) is 28.7 Å². The van der Waals surface area contributed by atoms with Crippen molar-refractivity contribution in [2.45, 2.75) is 18.8 Å². The molecule has 2 aliphatic heterocycles. The summed E-state index contributed by atoms with van der Waals surface area (Å²) >= 11 is 1.56. The number of amides is 2. The van der Waals surface area contributed by atoms with E-state index >= 15 is 0 Å². The molecule has 0 radical (unpaired) electrons. The minimum absolute atomic E-state index is 0.0434. The Kier molecular flexibility index (Phi) is 4.18. The number of thioether (sulfide) groups is 1. The molecule has 0 spiro atoms. The second-order valence-electron chi connectivity index (χ2n) is 6.24. The van der Waals surface area contributed by atoms with E-state index in [0.29, 0.717) is 24.7 Å². The molecule has 2 saturated heterocycles. The molecule has 1 aromatic heterocycles. The summed E-state index contributed by atoms with van der Waals surface area (Å²) in [5.41, 5.74) is 1.70. The third-order valence-corrected chi connectivity index (χ3v) is 5.60. The first kappa shape index (κ1) is 15.5. The highest BCUT2D eigenvalue weighted by atomic mass is 32.2. The minimum Gasteiger partial charge on any atom is -0.440 e. The van der Waals surface area contributed by atoms with Crippen LogP contribution in [0.3, 0.4) is 0 Å². The van der Waals surface area contributed by atoms with E-state index in [1.165, 1.54) is 0 Å². The molecule has 0 bridgehead atoms. The van der Waals surface area contributed by atoms with Crippen molar-refractivity contribution in [1.82, 2.24) is 14.8 Å². The van der Waals surface area contributed by atoms with Crippen molar-refractivity contribution < 1.29 is 14.0 Å². The van der Waals surface area contributed by atoms with Crippen LogP contribution in [0.25, 0.3) is 11.1 Å². The maximum absolute atomic E-state index is 12.4. The summed E-state index contributed by atoms with van der Waals surface area (Å²) in [5.74, 6) is 2.26. The number of likely N-dealkylation sites (tertiary alicyclic amines) is 1. The third-order valence-electron chi connectivity index (χ3n) is 4.66. The molecule has 0 saturated carbocycles. The van der Waals surface area contributed by atoms with Gasteiger partial charge in [0.1, 0.15) is 12.1 Å². The smallest absolute Gasteiger partial charge is 0.242 e. The largest absolute Gasteiger partial charge is 0.440 e. The number of benzene rings is 1. The van der Waals surface area contributed by atoms with Gasteiger partial charge >= 0.3 is 0 Å². The number of rotatable bonds is 3. The summed E-state index contributed by atoms with van der Waals surface area (Å²) in [6, 6.07) is 7.77. The molecule has 2 aromatic rings. The molecular weight excluding hydrogens is 326 g/mol. The molecule has 126 valence electrons. The zero-order valence-corrected chi connectivity index (χ0v) is 14.1. The number of hydrogen-bond acceptors (Lipinski definition) is 5. The van der Waals surface area contributed by atoms with Gasteiger partial charge in [-0.05, 0) is 25.0 Å². The molecule has 1 aromatic carbocycles. The molecule has 0 unspecified atom stereocenters. The van der Waals surface area contributed by atoms with Gasteiger partial charge in [-0.1, -0.05) is 12.1 Å². The molecule has 2 amide bonds. The highest BCUT2D eigenvalue weighted by molar-refractivity contribution is 8.00. The highest BCUT2D eigenvalue weighted by Crippen LogP contribution is 2.30. The number of piperidine rings is 1. The Morgan fingerprint density at radius 1 is 1.29 bits per heavy atom. The van der Waals surface area contributed by atoms with E-state index in [2.05, 4.69) is 4.98 Å². The Labute approximate surface area is 144 Å². The fourth-order valence-electron chi connectivity index (χ4n) is 3.24. The zero-order valence-electron chi connectivity index (χ0n) is 13.3. The van der Waals surface area contributed by atoms with Crippen LogP contribution >= 0.6 is 11.8 Å². The lowest BCUT2D eigenvalue weighted by molar-refractivity contribution is -0.138. The summed E-state index contributed by atoms with van der Waals surface area (Å²) < 4.78 is 5.85. The number of hydrogen-bond donors (Lipinski definition) is 0. The molecule has 2 fully saturated rings. The first-order chi connectivity index (χ1) is 11.7. The van der Waals surface area contributed by atoms with Crippen molar-refractivity contribution in [2.75, 3.05) is 31.3 Å². The van der Waals surface area contributed by atoms with Crippen molar-refractivity contribution in [3.63, 3.8) is 0 Å². The van der Waals surface area contributed by atoms with Gasteiger partial charge in [-0.3, -0.25) is 9.59 Å². The van der Waals surface area contributed by atoms with Gasteiger partial charge in [0.05, 0.1) is 11.6 Å². The summed E-state index contributed by atoms with van der Waals surface area (Å²) in [7, 11) is 0. The lowest BCUT2D eigenvalue weighted by Crippen LogP contribution is -2.44. The van der Waals surface area contributed by atoms with Gasteiger partial charge in [0.15, 0.2) is 11.5 Å². The Balaban J connectivity index is 1.36. The van der Waals surface area contributed by atoms with E-state index in [1.807, 2.05) is 29.2 Å². The van der Waals surface area contributed by atoms with E-state index < -0.39 is 0 Å². The molecule has 6 nitrogen and oxygen atoms in total. The maximum atomic E-state index is 12.4. The number of nitrogens with zero attached hydrogens (tertiary/aromatic N) is 3. The van der Waals surface area contributed by atoms with Crippen molar-refractivity contribution in [3.8, 4) is 0 Å². The van der Waals surface area contributed by atoms with Crippen molar-refractivity contribution in [1.29, 1.82) is 0 Å². The first-order valence-electron chi connectivity index (χ1n) is 8.19. The van der Waals surface area contributed by atoms with Crippen LogP contribution in [0.2, 0.25) is 0 Å². The van der Waals surface area contributed by atoms with E-state index in [-0.39, 0.29) is 24.3 Å². The van der Waals surface area contributed by atoms with E-state index in [4.69, 9.17) is 4.42 Å². The molecule has 3 heterocycles. The van der Waals surface area contributed by atoms with Crippen LogP contribution in [0.4, 0.5) is 0 Å². The van der Waals surface area contributed by atoms with E-state index in [9.17, 15) is 9.59 Å². The highest BCUT2D eigenvalue weighted by Gasteiger charge is 2.29. The third kappa shape index (κ3) is 3.00. The summed E-state index contributed by atoms with van der Waals surface area (Å²) in [5, 5.41) is 0. The van der Waals surface area contributed by atoms with Gasteiger partial charge in [0.2, 0.25) is 11.8 Å². The van der Waals surface area contributed by atoms with Crippen molar-refractivity contribution in [3.05, 3.63) is 30.2 Å². The average Bonchev–Trinajstić information content (AvgIpc) is 3.21.